The summed E-state index contributed by atoms with van der Waals surface area (Å²) >= 11 is 5.92. The molecule has 1 atom stereocenters. The third-order valence-electron chi connectivity index (χ3n) is 3.19. The first-order chi connectivity index (χ1) is 11.1. The van der Waals surface area contributed by atoms with Crippen LogP contribution in [0, 0.1) is 0 Å². The number of amides is 2. The van der Waals surface area contributed by atoms with Crippen molar-refractivity contribution in [3.63, 3.8) is 0 Å². The monoisotopic (exact) mass is 338 g/mol. The number of halogens is 1. The Morgan fingerprint density at radius 1 is 1.43 bits per heavy atom. The highest BCUT2D eigenvalue weighted by molar-refractivity contribution is 6.30. The number of nitrogens with one attached hydrogen (secondary N) is 2. The van der Waals surface area contributed by atoms with Crippen molar-refractivity contribution < 1.29 is 14.4 Å². The maximum atomic E-state index is 11.6. The SMILES string of the molecule is CCC(O)CCNC(=O)NCc1nc(-c2cccc(Cl)c2)no1. The van der Waals surface area contributed by atoms with Crippen molar-refractivity contribution in [2.45, 2.75) is 32.4 Å². The molecule has 0 saturated carbocycles. The van der Waals surface area contributed by atoms with Gasteiger partial charge in [0.25, 0.3) is 0 Å². The number of aromatic nitrogens is 2. The summed E-state index contributed by atoms with van der Waals surface area (Å²) in [4.78, 5) is 15.8. The highest BCUT2D eigenvalue weighted by Gasteiger charge is 2.10. The van der Waals surface area contributed by atoms with Gasteiger partial charge in [0.15, 0.2) is 0 Å². The molecular formula is C15H19ClN4O3. The molecule has 0 spiro atoms. The van der Waals surface area contributed by atoms with E-state index in [2.05, 4.69) is 20.8 Å². The average molecular weight is 339 g/mol. The molecule has 0 fully saturated rings. The third-order valence-corrected chi connectivity index (χ3v) is 3.42. The van der Waals surface area contributed by atoms with E-state index >= 15 is 0 Å². The van der Waals surface area contributed by atoms with Gasteiger partial charge < -0.3 is 20.3 Å². The molecule has 1 aromatic carbocycles. The minimum Gasteiger partial charge on any atom is -0.393 e. The predicted molar refractivity (Wildman–Crippen MR) is 85.9 cm³/mol. The van der Waals surface area contributed by atoms with Crippen LogP contribution in [0.5, 0.6) is 0 Å². The van der Waals surface area contributed by atoms with Gasteiger partial charge in [-0.2, -0.15) is 4.98 Å². The Bertz CT molecular complexity index is 647. The fourth-order valence-corrected chi connectivity index (χ4v) is 2.04. The van der Waals surface area contributed by atoms with E-state index in [0.29, 0.717) is 36.1 Å². The van der Waals surface area contributed by atoms with Crippen LogP contribution >= 0.6 is 11.6 Å². The molecule has 2 amide bonds. The lowest BCUT2D eigenvalue weighted by molar-refractivity contribution is 0.160. The first-order valence-corrected chi connectivity index (χ1v) is 7.74. The van der Waals surface area contributed by atoms with Crippen molar-refractivity contribution >= 4 is 17.6 Å². The van der Waals surface area contributed by atoms with Crippen LogP contribution in [-0.4, -0.2) is 33.9 Å². The first kappa shape index (κ1) is 17.2. The summed E-state index contributed by atoms with van der Waals surface area (Å²) in [6.07, 6.45) is 0.785. The molecule has 0 radical (unpaired) electrons. The second-order valence-electron chi connectivity index (χ2n) is 4.98. The van der Waals surface area contributed by atoms with E-state index in [9.17, 15) is 9.90 Å². The maximum Gasteiger partial charge on any atom is 0.315 e. The fraction of sp³-hybridized carbons (Fsp3) is 0.400. The van der Waals surface area contributed by atoms with Crippen LogP contribution in [0.3, 0.4) is 0 Å². The van der Waals surface area contributed by atoms with E-state index in [4.69, 9.17) is 16.1 Å². The molecule has 8 heteroatoms. The second kappa shape index (κ2) is 8.50. The summed E-state index contributed by atoms with van der Waals surface area (Å²) in [5, 5.41) is 19.1. The molecule has 3 N–H and O–H groups in total. The normalized spacial score (nSPS) is 12.0. The van der Waals surface area contributed by atoms with Crippen molar-refractivity contribution in [3.05, 3.63) is 35.2 Å². The molecule has 2 aromatic rings. The predicted octanol–water partition coefficient (Wildman–Crippen LogP) is 2.35. The molecule has 2 rings (SSSR count). The van der Waals surface area contributed by atoms with Gasteiger partial charge in [-0.05, 0) is 25.0 Å². The van der Waals surface area contributed by atoms with Gasteiger partial charge in [-0.1, -0.05) is 35.8 Å². The van der Waals surface area contributed by atoms with Crippen molar-refractivity contribution in [2.75, 3.05) is 6.54 Å². The Labute approximate surface area is 139 Å². The lowest BCUT2D eigenvalue weighted by Crippen LogP contribution is -2.36. The Kier molecular flexibility index (Phi) is 6.37. The number of carbonyl (C=O) groups excluding carboxylic acids is 1. The number of carbonyl (C=O) groups is 1. The maximum absolute atomic E-state index is 11.6. The Hall–Kier alpha value is -2.12. The smallest absolute Gasteiger partial charge is 0.315 e. The van der Waals surface area contributed by atoms with Crippen LogP contribution < -0.4 is 10.6 Å². The van der Waals surface area contributed by atoms with Gasteiger partial charge in [0.2, 0.25) is 11.7 Å². The van der Waals surface area contributed by atoms with Crippen molar-refractivity contribution in [3.8, 4) is 11.4 Å². The molecule has 7 nitrogen and oxygen atoms in total. The van der Waals surface area contributed by atoms with Gasteiger partial charge in [-0.15, -0.1) is 0 Å². The van der Waals surface area contributed by atoms with Crippen molar-refractivity contribution in [1.82, 2.24) is 20.8 Å². The summed E-state index contributed by atoms with van der Waals surface area (Å²) in [6, 6.07) is 6.75. The van der Waals surface area contributed by atoms with Gasteiger partial charge in [0.1, 0.15) is 0 Å². The molecule has 0 bridgehead atoms. The van der Waals surface area contributed by atoms with Crippen molar-refractivity contribution in [2.24, 2.45) is 0 Å². The number of rotatable bonds is 7. The Balaban J connectivity index is 1.79. The highest BCUT2D eigenvalue weighted by atomic mass is 35.5. The van der Waals surface area contributed by atoms with Crippen LogP contribution in [0.2, 0.25) is 5.02 Å². The quantitative estimate of drug-likeness (QED) is 0.719. The zero-order valence-corrected chi connectivity index (χ0v) is 13.5. The van der Waals surface area contributed by atoms with Gasteiger partial charge in [0.05, 0.1) is 12.6 Å². The number of hydrogen-bond donors (Lipinski definition) is 3. The number of hydrogen-bond acceptors (Lipinski definition) is 5. The fourth-order valence-electron chi connectivity index (χ4n) is 1.85. The molecular weight excluding hydrogens is 320 g/mol. The van der Waals surface area contributed by atoms with Crippen LogP contribution in [0.4, 0.5) is 4.79 Å². The third kappa shape index (κ3) is 5.54. The van der Waals surface area contributed by atoms with Gasteiger partial charge >= 0.3 is 6.03 Å². The zero-order chi connectivity index (χ0) is 16.7. The summed E-state index contributed by atoms with van der Waals surface area (Å²) in [6.45, 7) is 2.41. The summed E-state index contributed by atoms with van der Waals surface area (Å²) < 4.78 is 5.08. The Morgan fingerprint density at radius 3 is 3.00 bits per heavy atom. The molecule has 0 aliphatic carbocycles. The van der Waals surface area contributed by atoms with E-state index < -0.39 is 6.10 Å². The Morgan fingerprint density at radius 2 is 2.26 bits per heavy atom. The average Bonchev–Trinajstić information content (AvgIpc) is 3.02. The molecule has 0 aliphatic heterocycles. The number of nitrogens with zero attached hydrogens (tertiary/aromatic N) is 2. The number of benzene rings is 1. The number of aliphatic hydroxyl groups excluding tert-OH is 1. The minimum atomic E-state index is -0.397. The molecule has 23 heavy (non-hydrogen) atoms. The van der Waals surface area contributed by atoms with Crippen LogP contribution in [0.15, 0.2) is 28.8 Å². The minimum absolute atomic E-state index is 0.121. The highest BCUT2D eigenvalue weighted by Crippen LogP contribution is 2.19. The summed E-state index contributed by atoms with van der Waals surface area (Å²) in [7, 11) is 0. The molecule has 124 valence electrons. The van der Waals surface area contributed by atoms with Gasteiger partial charge in [-0.25, -0.2) is 4.79 Å². The first-order valence-electron chi connectivity index (χ1n) is 7.36. The molecule has 0 saturated heterocycles. The largest absolute Gasteiger partial charge is 0.393 e. The zero-order valence-electron chi connectivity index (χ0n) is 12.8. The number of urea groups is 1. The molecule has 1 aromatic heterocycles. The number of aliphatic hydroxyl groups is 1. The van der Waals surface area contributed by atoms with Crippen molar-refractivity contribution in [1.29, 1.82) is 0 Å². The van der Waals surface area contributed by atoms with E-state index in [0.717, 1.165) is 5.56 Å². The van der Waals surface area contributed by atoms with E-state index in [1.165, 1.54) is 0 Å². The van der Waals surface area contributed by atoms with Gasteiger partial charge in [0, 0.05) is 17.1 Å². The topological polar surface area (TPSA) is 100 Å². The van der Waals surface area contributed by atoms with E-state index in [1.54, 1.807) is 18.2 Å². The molecule has 1 unspecified atom stereocenters. The summed E-state index contributed by atoms with van der Waals surface area (Å²) in [5.74, 6) is 0.708. The molecule has 0 aliphatic rings. The van der Waals surface area contributed by atoms with Crippen LogP contribution in [0.25, 0.3) is 11.4 Å². The standard InChI is InChI=1S/C15H19ClN4O3/c1-2-12(21)6-7-17-15(22)18-9-13-19-14(20-23-13)10-4-3-5-11(16)8-10/h3-5,8,12,21H,2,6-7,9H2,1H3,(H2,17,18,22). The van der Waals surface area contributed by atoms with E-state index in [1.807, 2.05) is 13.0 Å². The second-order valence-corrected chi connectivity index (χ2v) is 5.42. The summed E-state index contributed by atoms with van der Waals surface area (Å²) in [5.41, 5.74) is 0.741. The van der Waals surface area contributed by atoms with Gasteiger partial charge in [-0.3, -0.25) is 0 Å². The van der Waals surface area contributed by atoms with Crippen LogP contribution in [0.1, 0.15) is 25.7 Å². The molecule has 1 heterocycles. The van der Waals surface area contributed by atoms with E-state index in [-0.39, 0.29) is 12.6 Å². The van der Waals surface area contributed by atoms with Crippen LogP contribution in [-0.2, 0) is 6.54 Å². The lowest BCUT2D eigenvalue weighted by atomic mass is 10.2. The lowest BCUT2D eigenvalue weighted by Gasteiger charge is -2.08.